The number of methoxy groups -OCH3 is 1. The van der Waals surface area contributed by atoms with E-state index in [2.05, 4.69) is 32.5 Å². The van der Waals surface area contributed by atoms with Crippen LogP contribution in [0.25, 0.3) is 0 Å². The molecule has 3 rings (SSSR count). The fourth-order valence-electron chi connectivity index (χ4n) is 2.39. The number of hydrogen-bond acceptors (Lipinski definition) is 7. The maximum atomic E-state index is 14.5. The van der Waals surface area contributed by atoms with Gasteiger partial charge in [0.1, 0.15) is 12.3 Å². The second kappa shape index (κ2) is 10.7. The molecule has 0 unspecified atom stereocenters. The summed E-state index contributed by atoms with van der Waals surface area (Å²) < 4.78 is 47.7. The van der Waals surface area contributed by atoms with Crippen molar-refractivity contribution in [3.8, 4) is 5.75 Å². The van der Waals surface area contributed by atoms with E-state index in [0.717, 1.165) is 6.08 Å². The van der Waals surface area contributed by atoms with Gasteiger partial charge in [0.15, 0.2) is 11.6 Å². The van der Waals surface area contributed by atoms with Crippen molar-refractivity contribution in [3.05, 3.63) is 73.2 Å². The zero-order valence-electron chi connectivity index (χ0n) is 19.6. The second-order valence-corrected chi connectivity index (χ2v) is 6.05. The van der Waals surface area contributed by atoms with Gasteiger partial charge in [-0.25, -0.2) is 9.37 Å². The molecule has 160 valence electrons. The van der Waals surface area contributed by atoms with E-state index in [1.54, 1.807) is 36.4 Å². The maximum absolute atomic E-state index is 14.5. The Morgan fingerprint density at radius 1 is 1.23 bits per heavy atom. The first-order chi connectivity index (χ1) is 16.2. The van der Waals surface area contributed by atoms with Crippen molar-refractivity contribution in [2.75, 3.05) is 36.2 Å². The highest BCUT2D eigenvalue weighted by molar-refractivity contribution is 5.99. The van der Waals surface area contributed by atoms with E-state index < -0.39 is 24.5 Å². The molecule has 0 fully saturated rings. The summed E-state index contributed by atoms with van der Waals surface area (Å²) in [6.45, 7) is 1.17. The number of halogens is 1. The van der Waals surface area contributed by atoms with Crippen molar-refractivity contribution in [2.45, 2.75) is 0 Å². The van der Waals surface area contributed by atoms with Crippen LogP contribution in [-0.2, 0) is 9.53 Å². The third kappa shape index (κ3) is 6.51. The van der Waals surface area contributed by atoms with E-state index in [1.807, 2.05) is 0 Å². The van der Waals surface area contributed by atoms with E-state index in [0.29, 0.717) is 17.1 Å². The Bertz CT molecular complexity index is 1180. The average molecular weight is 426 g/mol. The van der Waals surface area contributed by atoms with E-state index >= 15 is 0 Å². The van der Waals surface area contributed by atoms with Crippen molar-refractivity contribution in [1.82, 2.24) is 9.97 Å². The number of benzene rings is 2. The van der Waals surface area contributed by atoms with E-state index in [4.69, 9.17) is 13.6 Å². The van der Waals surface area contributed by atoms with Gasteiger partial charge >= 0.3 is 0 Å². The zero-order chi connectivity index (χ0) is 24.7. The standard InChI is InChI=1S/C22H22FN5O3/c1-3-20(29)25-16-5-4-6-17(13-16)26-21-19(23)14-24-22(28-21)27-15-7-9-18(10-8-15)31-12-11-30-2/h3-10,13-14H,1,11-12H2,2H3,(H,25,29)(H2,24,26,27,28)/i12D2,14D. The molecule has 31 heavy (non-hydrogen) atoms. The van der Waals surface area contributed by atoms with E-state index in [-0.39, 0.29) is 24.1 Å². The molecule has 0 aliphatic heterocycles. The molecule has 0 atom stereocenters. The van der Waals surface area contributed by atoms with Crippen LogP contribution in [0.5, 0.6) is 5.75 Å². The molecule has 9 heteroatoms. The van der Waals surface area contributed by atoms with Gasteiger partial charge in [0.2, 0.25) is 11.9 Å². The Balaban J connectivity index is 1.75. The van der Waals surface area contributed by atoms with Gasteiger partial charge in [-0.1, -0.05) is 12.6 Å². The highest BCUT2D eigenvalue weighted by Crippen LogP contribution is 2.23. The molecule has 0 saturated carbocycles. The number of amides is 1. The Morgan fingerprint density at radius 3 is 2.74 bits per heavy atom. The van der Waals surface area contributed by atoms with Gasteiger partial charge in [0.25, 0.3) is 0 Å². The molecule has 1 amide bonds. The van der Waals surface area contributed by atoms with Crippen LogP contribution in [0.1, 0.15) is 4.11 Å². The van der Waals surface area contributed by atoms with Gasteiger partial charge in [-0.05, 0) is 48.5 Å². The van der Waals surface area contributed by atoms with Crippen LogP contribution in [-0.4, -0.2) is 36.2 Å². The molecular formula is C22H22FN5O3. The lowest BCUT2D eigenvalue weighted by atomic mass is 10.2. The van der Waals surface area contributed by atoms with Gasteiger partial charge in [-0.3, -0.25) is 4.79 Å². The molecule has 0 radical (unpaired) electrons. The van der Waals surface area contributed by atoms with E-state index in [9.17, 15) is 9.18 Å². The van der Waals surface area contributed by atoms with Gasteiger partial charge in [-0.2, -0.15) is 4.98 Å². The third-order valence-corrected chi connectivity index (χ3v) is 3.77. The molecule has 0 aliphatic rings. The quantitative estimate of drug-likeness (QED) is 0.417. The maximum Gasteiger partial charge on any atom is 0.247 e. The molecular weight excluding hydrogens is 401 g/mol. The van der Waals surface area contributed by atoms with Crippen LogP contribution >= 0.6 is 0 Å². The van der Waals surface area contributed by atoms with E-state index in [1.165, 1.54) is 19.2 Å². The fourth-order valence-corrected chi connectivity index (χ4v) is 2.39. The second-order valence-electron chi connectivity index (χ2n) is 6.05. The van der Waals surface area contributed by atoms with Crippen molar-refractivity contribution in [1.29, 1.82) is 0 Å². The molecule has 0 spiro atoms. The first-order valence-corrected chi connectivity index (χ1v) is 9.09. The topological polar surface area (TPSA) is 97.4 Å². The van der Waals surface area contributed by atoms with Crippen molar-refractivity contribution in [2.24, 2.45) is 0 Å². The molecule has 2 aromatic carbocycles. The number of anilines is 5. The monoisotopic (exact) mass is 426 g/mol. The van der Waals surface area contributed by atoms with Crippen molar-refractivity contribution < 1.29 is 22.8 Å². The van der Waals surface area contributed by atoms with Crippen LogP contribution in [0.15, 0.2) is 67.4 Å². The predicted octanol–water partition coefficient (Wildman–Crippen LogP) is 4.25. The molecule has 8 nitrogen and oxygen atoms in total. The highest BCUT2D eigenvalue weighted by atomic mass is 19.1. The summed E-state index contributed by atoms with van der Waals surface area (Å²) in [5, 5.41) is 8.25. The zero-order valence-corrected chi connectivity index (χ0v) is 16.6. The number of carbonyl (C=O) groups is 1. The number of rotatable bonds is 10. The minimum atomic E-state index is -1.99. The number of aromatic nitrogens is 2. The van der Waals surface area contributed by atoms with Crippen LogP contribution in [0, 0.1) is 5.82 Å². The Labute approximate surface area is 183 Å². The highest BCUT2D eigenvalue weighted by Gasteiger charge is 2.09. The smallest absolute Gasteiger partial charge is 0.247 e. The average Bonchev–Trinajstić information content (AvgIpc) is 2.78. The Hall–Kier alpha value is -3.98. The fraction of sp³-hybridized carbons (Fsp3) is 0.136. The summed E-state index contributed by atoms with van der Waals surface area (Å²) >= 11 is 0. The predicted molar refractivity (Wildman–Crippen MR) is 118 cm³/mol. The first-order valence-electron chi connectivity index (χ1n) is 10.6. The lowest BCUT2D eigenvalue weighted by molar-refractivity contribution is -0.111. The summed E-state index contributed by atoms with van der Waals surface area (Å²) in [6, 6.07) is 12.8. The summed E-state index contributed by atoms with van der Waals surface area (Å²) in [6.07, 6.45) is 0.507. The van der Waals surface area contributed by atoms with Crippen LogP contribution in [0.2, 0.25) is 0 Å². The largest absolute Gasteiger partial charge is 0.491 e. The lowest BCUT2D eigenvalue weighted by Crippen LogP contribution is -2.07. The number of nitrogens with one attached hydrogen (secondary N) is 3. The molecule has 0 bridgehead atoms. The Morgan fingerprint density at radius 2 is 2.00 bits per heavy atom. The van der Waals surface area contributed by atoms with Crippen LogP contribution in [0.3, 0.4) is 0 Å². The Kier molecular flexibility index (Phi) is 6.16. The minimum Gasteiger partial charge on any atom is -0.491 e. The summed E-state index contributed by atoms with van der Waals surface area (Å²) in [4.78, 5) is 19.4. The van der Waals surface area contributed by atoms with Gasteiger partial charge in [0.05, 0.1) is 16.9 Å². The summed E-state index contributed by atoms with van der Waals surface area (Å²) in [5.41, 5.74) is 1.40. The molecule has 0 saturated heterocycles. The third-order valence-electron chi connectivity index (χ3n) is 3.77. The minimum absolute atomic E-state index is 0.0339. The van der Waals surface area contributed by atoms with Crippen molar-refractivity contribution in [3.63, 3.8) is 0 Å². The summed E-state index contributed by atoms with van der Waals surface area (Å²) in [7, 11) is 1.37. The molecule has 0 aliphatic carbocycles. The number of carbonyl (C=O) groups excluding carboxylic acids is 1. The van der Waals surface area contributed by atoms with Gasteiger partial charge in [-0.15, -0.1) is 0 Å². The van der Waals surface area contributed by atoms with Gasteiger partial charge < -0.3 is 25.4 Å². The summed E-state index contributed by atoms with van der Waals surface area (Å²) in [5.74, 6) is -1.33. The normalized spacial score (nSPS) is 12.1. The molecule has 3 aromatic rings. The number of ether oxygens (including phenoxy) is 2. The SMILES string of the molecule is [2H]c1nc(Nc2ccc(OC([2H])([2H])COC)cc2)nc(Nc2cccc(NC(=O)C=C)c2)c1F. The van der Waals surface area contributed by atoms with Crippen LogP contribution in [0.4, 0.5) is 33.2 Å². The number of nitrogens with zero attached hydrogens (tertiary/aromatic N) is 2. The lowest BCUT2D eigenvalue weighted by Gasteiger charge is -2.11. The van der Waals surface area contributed by atoms with Gasteiger partial charge in [0, 0.05) is 24.2 Å². The molecule has 1 heterocycles. The molecule has 3 N–H and O–H groups in total. The molecule has 1 aromatic heterocycles. The van der Waals surface area contributed by atoms with Crippen molar-refractivity contribution >= 4 is 34.7 Å². The first kappa shape index (κ1) is 17.8. The number of hydrogen-bond donors (Lipinski definition) is 3. The van der Waals surface area contributed by atoms with Crippen LogP contribution < -0.4 is 20.7 Å².